The summed E-state index contributed by atoms with van der Waals surface area (Å²) < 4.78 is 8.09. The molecular formula is C24H34N6O. The number of aromatic nitrogens is 3. The molecule has 0 bridgehead atoms. The number of aliphatic imine (C=N–C) groups is 1. The van der Waals surface area contributed by atoms with Gasteiger partial charge >= 0.3 is 0 Å². The lowest BCUT2D eigenvalue weighted by Crippen LogP contribution is -2.38. The van der Waals surface area contributed by atoms with E-state index in [4.69, 9.17) is 4.74 Å². The van der Waals surface area contributed by atoms with E-state index in [-0.39, 0.29) is 0 Å². The van der Waals surface area contributed by atoms with Crippen molar-refractivity contribution < 1.29 is 4.74 Å². The third-order valence-corrected chi connectivity index (χ3v) is 5.10. The minimum atomic E-state index is 0.646. The third kappa shape index (κ3) is 6.70. The Hall–Kier alpha value is -3.09. The number of fused-ring (bicyclic) bond motifs is 1. The van der Waals surface area contributed by atoms with Gasteiger partial charge in [0, 0.05) is 38.3 Å². The van der Waals surface area contributed by atoms with E-state index in [1.165, 1.54) is 12.0 Å². The van der Waals surface area contributed by atoms with Gasteiger partial charge in [-0.05, 0) is 49.4 Å². The zero-order valence-corrected chi connectivity index (χ0v) is 19.1. The highest BCUT2D eigenvalue weighted by molar-refractivity contribution is 5.79. The largest absolute Gasteiger partial charge is 0.493 e. The smallest absolute Gasteiger partial charge is 0.191 e. The quantitative estimate of drug-likeness (QED) is 0.296. The van der Waals surface area contributed by atoms with Crippen LogP contribution in [-0.4, -0.2) is 40.8 Å². The maximum Gasteiger partial charge on any atom is 0.191 e. The SMILES string of the molecule is CN=C(NCCc1nnc2ccccn12)NCc1ccc(C)cc1OCCCC(C)C. The van der Waals surface area contributed by atoms with Crippen LogP contribution in [0.3, 0.4) is 0 Å². The van der Waals surface area contributed by atoms with Crippen molar-refractivity contribution in [3.05, 3.63) is 59.5 Å². The number of hydrogen-bond acceptors (Lipinski definition) is 4. The molecule has 0 aliphatic rings. The molecule has 2 N–H and O–H groups in total. The maximum absolute atomic E-state index is 6.09. The molecule has 0 spiro atoms. The van der Waals surface area contributed by atoms with Gasteiger partial charge in [0.1, 0.15) is 11.6 Å². The van der Waals surface area contributed by atoms with Crippen molar-refractivity contribution in [2.24, 2.45) is 10.9 Å². The topological polar surface area (TPSA) is 75.8 Å². The van der Waals surface area contributed by atoms with Crippen LogP contribution in [0.15, 0.2) is 47.6 Å². The normalized spacial score (nSPS) is 11.8. The molecule has 0 atom stereocenters. The Morgan fingerprint density at radius 1 is 1.16 bits per heavy atom. The zero-order chi connectivity index (χ0) is 22.1. The number of ether oxygens (including phenoxy) is 1. The summed E-state index contributed by atoms with van der Waals surface area (Å²) in [5, 5.41) is 15.2. The molecule has 7 heteroatoms. The van der Waals surface area contributed by atoms with E-state index in [0.717, 1.165) is 48.2 Å². The molecule has 0 aliphatic carbocycles. The second-order valence-corrected chi connectivity index (χ2v) is 8.14. The summed E-state index contributed by atoms with van der Waals surface area (Å²) in [6.45, 7) is 8.67. The lowest BCUT2D eigenvalue weighted by atomic mass is 10.1. The number of nitrogens with one attached hydrogen (secondary N) is 2. The first kappa shape index (κ1) is 22.6. The van der Waals surface area contributed by atoms with Crippen molar-refractivity contribution in [3.63, 3.8) is 0 Å². The summed E-state index contributed by atoms with van der Waals surface area (Å²) in [6, 6.07) is 12.2. The molecule has 0 aliphatic heterocycles. The molecule has 0 radical (unpaired) electrons. The second-order valence-electron chi connectivity index (χ2n) is 8.14. The number of rotatable bonds is 10. The monoisotopic (exact) mass is 422 g/mol. The van der Waals surface area contributed by atoms with Gasteiger partial charge in [-0.1, -0.05) is 32.0 Å². The molecule has 2 heterocycles. The summed E-state index contributed by atoms with van der Waals surface area (Å²) in [5.74, 6) is 3.32. The molecule has 0 amide bonds. The van der Waals surface area contributed by atoms with Gasteiger partial charge in [-0.2, -0.15) is 0 Å². The Kier molecular flexibility index (Phi) is 8.27. The first-order chi connectivity index (χ1) is 15.1. The van der Waals surface area contributed by atoms with Gasteiger partial charge in [0.25, 0.3) is 0 Å². The van der Waals surface area contributed by atoms with Gasteiger partial charge in [-0.3, -0.25) is 9.39 Å². The van der Waals surface area contributed by atoms with E-state index in [9.17, 15) is 0 Å². The van der Waals surface area contributed by atoms with E-state index >= 15 is 0 Å². The summed E-state index contributed by atoms with van der Waals surface area (Å²) in [4.78, 5) is 4.34. The van der Waals surface area contributed by atoms with Crippen molar-refractivity contribution in [2.45, 2.75) is 46.6 Å². The molecule has 2 aromatic heterocycles. The number of hydrogen-bond donors (Lipinski definition) is 2. The Balaban J connectivity index is 1.50. The molecule has 3 aromatic rings. The fraction of sp³-hybridized carbons (Fsp3) is 0.458. The minimum absolute atomic E-state index is 0.646. The first-order valence-corrected chi connectivity index (χ1v) is 11.0. The Labute approximate surface area is 185 Å². The predicted octanol–water partition coefficient (Wildman–Crippen LogP) is 3.76. The zero-order valence-electron chi connectivity index (χ0n) is 19.1. The van der Waals surface area contributed by atoms with Crippen LogP contribution in [0.2, 0.25) is 0 Å². The highest BCUT2D eigenvalue weighted by atomic mass is 16.5. The molecular weight excluding hydrogens is 388 g/mol. The molecule has 1 aromatic carbocycles. The standard InChI is InChI=1S/C24H34N6O/c1-18(2)8-7-15-31-21-16-19(3)10-11-20(21)17-27-24(25-4)26-13-12-23-29-28-22-9-5-6-14-30(22)23/h5-6,9-11,14,16,18H,7-8,12-13,15,17H2,1-4H3,(H2,25,26,27). The second kappa shape index (κ2) is 11.3. The van der Waals surface area contributed by atoms with Crippen LogP contribution in [0.4, 0.5) is 0 Å². The van der Waals surface area contributed by atoms with E-state index in [0.29, 0.717) is 19.0 Å². The third-order valence-electron chi connectivity index (χ3n) is 5.10. The molecule has 0 fully saturated rings. The highest BCUT2D eigenvalue weighted by Crippen LogP contribution is 2.21. The van der Waals surface area contributed by atoms with Crippen LogP contribution in [-0.2, 0) is 13.0 Å². The fourth-order valence-electron chi connectivity index (χ4n) is 3.37. The highest BCUT2D eigenvalue weighted by Gasteiger charge is 2.08. The van der Waals surface area contributed by atoms with E-state index in [1.807, 2.05) is 28.8 Å². The average Bonchev–Trinajstić information content (AvgIpc) is 3.17. The van der Waals surface area contributed by atoms with Gasteiger partial charge in [-0.15, -0.1) is 10.2 Å². The van der Waals surface area contributed by atoms with Crippen LogP contribution >= 0.6 is 0 Å². The van der Waals surface area contributed by atoms with Crippen molar-refractivity contribution in [1.29, 1.82) is 0 Å². The molecule has 0 saturated carbocycles. The van der Waals surface area contributed by atoms with Crippen molar-refractivity contribution in [1.82, 2.24) is 25.2 Å². The van der Waals surface area contributed by atoms with Crippen LogP contribution in [0, 0.1) is 12.8 Å². The van der Waals surface area contributed by atoms with Crippen molar-refractivity contribution in [3.8, 4) is 5.75 Å². The molecule has 3 rings (SSSR count). The van der Waals surface area contributed by atoms with Crippen molar-refractivity contribution in [2.75, 3.05) is 20.2 Å². The number of guanidine groups is 1. The Morgan fingerprint density at radius 3 is 2.84 bits per heavy atom. The summed E-state index contributed by atoms with van der Waals surface area (Å²) in [7, 11) is 1.78. The average molecular weight is 423 g/mol. The van der Waals surface area contributed by atoms with Gasteiger partial charge in [0.2, 0.25) is 0 Å². The molecule has 166 valence electrons. The van der Waals surface area contributed by atoms with Crippen molar-refractivity contribution >= 4 is 11.6 Å². The number of pyridine rings is 1. The van der Waals surface area contributed by atoms with Gasteiger partial charge in [0.15, 0.2) is 11.6 Å². The van der Waals surface area contributed by atoms with Gasteiger partial charge < -0.3 is 15.4 Å². The van der Waals surface area contributed by atoms with Crippen LogP contribution in [0.1, 0.15) is 43.6 Å². The lowest BCUT2D eigenvalue weighted by Gasteiger charge is -2.16. The first-order valence-electron chi connectivity index (χ1n) is 11.0. The molecule has 31 heavy (non-hydrogen) atoms. The lowest BCUT2D eigenvalue weighted by molar-refractivity contribution is 0.294. The predicted molar refractivity (Wildman–Crippen MR) is 126 cm³/mol. The van der Waals surface area contributed by atoms with Gasteiger partial charge in [0.05, 0.1) is 6.61 Å². The van der Waals surface area contributed by atoms with E-state index in [2.05, 4.69) is 64.8 Å². The molecule has 0 unspecified atom stereocenters. The van der Waals surface area contributed by atoms with Crippen LogP contribution in [0.25, 0.3) is 5.65 Å². The van der Waals surface area contributed by atoms with Gasteiger partial charge in [-0.25, -0.2) is 0 Å². The summed E-state index contributed by atoms with van der Waals surface area (Å²) in [6.07, 6.45) is 4.98. The van der Waals surface area contributed by atoms with Crippen LogP contribution in [0.5, 0.6) is 5.75 Å². The summed E-state index contributed by atoms with van der Waals surface area (Å²) in [5.41, 5.74) is 3.19. The Morgan fingerprint density at radius 2 is 2.03 bits per heavy atom. The summed E-state index contributed by atoms with van der Waals surface area (Å²) >= 11 is 0. The molecule has 7 nitrogen and oxygen atoms in total. The van der Waals surface area contributed by atoms with Crippen LogP contribution < -0.4 is 15.4 Å². The maximum atomic E-state index is 6.09. The number of benzene rings is 1. The number of nitrogens with zero attached hydrogens (tertiary/aromatic N) is 4. The van der Waals surface area contributed by atoms with E-state index in [1.54, 1.807) is 7.05 Å². The Bertz CT molecular complexity index is 995. The number of aryl methyl sites for hydroxylation is 1. The van der Waals surface area contributed by atoms with E-state index < -0.39 is 0 Å². The minimum Gasteiger partial charge on any atom is -0.493 e. The molecule has 0 saturated heterocycles. The fourth-order valence-corrected chi connectivity index (χ4v) is 3.37.